The number of nitrogens with two attached hydrogens (primary N) is 1. The molecule has 0 saturated carbocycles. The van der Waals surface area contributed by atoms with Crippen molar-refractivity contribution in [1.29, 1.82) is 0 Å². The molecule has 4 aromatic rings. The normalized spacial score (nSPS) is 12.0. The van der Waals surface area contributed by atoms with E-state index in [0.717, 1.165) is 56.0 Å². The zero-order valence-corrected chi connectivity index (χ0v) is 17.9. The fourth-order valence-electron chi connectivity index (χ4n) is 4.02. The first-order valence-electron chi connectivity index (χ1n) is 10.1. The fourth-order valence-corrected chi connectivity index (χ4v) is 4.02. The fraction of sp³-hybridized carbons (Fsp3) is 0. The Morgan fingerprint density at radius 3 is 1.72 bits per heavy atom. The first-order chi connectivity index (χ1) is 15.2. The van der Waals surface area contributed by atoms with E-state index < -0.39 is 0 Å². The van der Waals surface area contributed by atoms with Crippen LogP contribution >= 0.6 is 0 Å². The molecule has 5 heterocycles. The molecular formula is C26H19N5Ni. The summed E-state index contributed by atoms with van der Waals surface area (Å²) in [4.78, 5) is 16.4. The molecule has 0 unspecified atom stereocenters. The maximum atomic E-state index is 6.62. The Balaban J connectivity index is 0.00000216. The van der Waals surface area contributed by atoms with E-state index in [1.54, 1.807) is 0 Å². The van der Waals surface area contributed by atoms with Gasteiger partial charge in [-0.15, -0.1) is 0 Å². The first-order valence-corrected chi connectivity index (χ1v) is 10.1. The van der Waals surface area contributed by atoms with Crippen LogP contribution < -0.4 is 5.73 Å². The standard InChI is InChI=1S/C26H19N5.Ni/c27-26-24-15-22-11-9-20(30-22)13-18-7-6-17(28-18)12-19-8-10-21(29-19)14-23(31-24)25(26)16-4-2-1-3-5-16;/h1-15,28,31H,27H2;. The molecule has 2 aliphatic rings. The van der Waals surface area contributed by atoms with Crippen LogP contribution in [0.1, 0.15) is 22.8 Å². The van der Waals surface area contributed by atoms with Gasteiger partial charge in [0.1, 0.15) is 0 Å². The van der Waals surface area contributed by atoms with Crippen LogP contribution in [-0.4, -0.2) is 19.9 Å². The number of aromatic amines is 2. The number of nitrogens with one attached hydrogen (secondary N) is 2. The molecule has 6 rings (SSSR count). The molecule has 0 amide bonds. The number of nitrogen functional groups attached to an aromatic ring is 1. The zero-order valence-electron chi connectivity index (χ0n) is 16.9. The van der Waals surface area contributed by atoms with Gasteiger partial charge in [-0.25, -0.2) is 9.97 Å². The Labute approximate surface area is 194 Å². The van der Waals surface area contributed by atoms with E-state index >= 15 is 0 Å². The number of benzene rings is 1. The smallest absolute Gasteiger partial charge is 0.0659 e. The van der Waals surface area contributed by atoms with Gasteiger partial charge in [0.05, 0.1) is 39.5 Å². The molecule has 3 aromatic heterocycles. The average Bonchev–Trinajstić information content (AvgIpc) is 3.55. The quantitative estimate of drug-likeness (QED) is 0.267. The van der Waals surface area contributed by atoms with E-state index in [9.17, 15) is 0 Å². The van der Waals surface area contributed by atoms with Crippen LogP contribution in [0.4, 0.5) is 5.69 Å². The van der Waals surface area contributed by atoms with Gasteiger partial charge in [-0.2, -0.15) is 0 Å². The van der Waals surface area contributed by atoms with Crippen LogP contribution in [-0.2, 0) is 16.5 Å². The van der Waals surface area contributed by atoms with Gasteiger partial charge in [-0.3, -0.25) is 0 Å². The van der Waals surface area contributed by atoms with Crippen molar-refractivity contribution in [2.24, 2.45) is 0 Å². The van der Waals surface area contributed by atoms with Crippen molar-refractivity contribution in [1.82, 2.24) is 19.9 Å². The molecule has 0 radical (unpaired) electrons. The summed E-state index contributed by atoms with van der Waals surface area (Å²) >= 11 is 0. The molecule has 1 aromatic carbocycles. The van der Waals surface area contributed by atoms with Gasteiger partial charge in [0.2, 0.25) is 0 Å². The summed E-state index contributed by atoms with van der Waals surface area (Å²) in [6.45, 7) is 0. The van der Waals surface area contributed by atoms with Crippen LogP contribution in [0.3, 0.4) is 0 Å². The van der Waals surface area contributed by atoms with Crippen molar-refractivity contribution >= 4 is 52.1 Å². The summed E-state index contributed by atoms with van der Waals surface area (Å²) < 4.78 is 0. The Hall–Kier alpha value is -3.89. The molecule has 0 atom stereocenters. The molecule has 0 saturated heterocycles. The summed E-state index contributed by atoms with van der Waals surface area (Å²) in [6, 6.07) is 22.3. The van der Waals surface area contributed by atoms with Crippen molar-refractivity contribution in [2.75, 3.05) is 5.73 Å². The maximum absolute atomic E-state index is 6.62. The minimum atomic E-state index is 0. The Bertz CT molecular complexity index is 1540. The molecule has 8 bridgehead atoms. The number of rotatable bonds is 1. The molecular weight excluding hydrogens is 441 g/mol. The van der Waals surface area contributed by atoms with Gasteiger partial charge < -0.3 is 15.7 Å². The molecule has 0 spiro atoms. The summed E-state index contributed by atoms with van der Waals surface area (Å²) in [5.41, 5.74) is 16.6. The van der Waals surface area contributed by atoms with Crippen LogP contribution in [0, 0.1) is 0 Å². The van der Waals surface area contributed by atoms with E-state index in [2.05, 4.69) is 22.1 Å². The molecule has 2 aliphatic heterocycles. The third-order valence-corrected chi connectivity index (χ3v) is 5.45. The average molecular weight is 460 g/mol. The Morgan fingerprint density at radius 1 is 0.594 bits per heavy atom. The molecule has 0 fully saturated rings. The van der Waals surface area contributed by atoms with Crippen LogP contribution in [0.5, 0.6) is 0 Å². The number of anilines is 1. The van der Waals surface area contributed by atoms with Crippen molar-refractivity contribution in [2.45, 2.75) is 0 Å². The monoisotopic (exact) mass is 459 g/mol. The number of hydrogen-bond acceptors (Lipinski definition) is 3. The van der Waals surface area contributed by atoms with Crippen molar-refractivity contribution in [3.8, 4) is 11.1 Å². The molecule has 4 N–H and O–H groups in total. The number of hydrogen-bond donors (Lipinski definition) is 3. The van der Waals surface area contributed by atoms with Crippen molar-refractivity contribution in [3.05, 3.63) is 89.5 Å². The SMILES string of the molecule is Nc1c(-c2ccccc2)c2cc3nc(cc4ccc(cc5nc(cc1[nH]2)C=C5)[nH]4)C=C3.[Ni]. The number of fused-ring (bicyclic) bond motifs is 8. The third-order valence-electron chi connectivity index (χ3n) is 5.45. The summed E-state index contributed by atoms with van der Waals surface area (Å²) in [5, 5.41) is 0. The van der Waals surface area contributed by atoms with Gasteiger partial charge in [-0.05, 0) is 66.3 Å². The maximum Gasteiger partial charge on any atom is 0.0659 e. The van der Waals surface area contributed by atoms with Gasteiger partial charge >= 0.3 is 0 Å². The van der Waals surface area contributed by atoms with Gasteiger partial charge in [0.15, 0.2) is 0 Å². The van der Waals surface area contributed by atoms with E-state index in [0.29, 0.717) is 5.69 Å². The number of aromatic nitrogens is 4. The molecule has 0 aliphatic carbocycles. The van der Waals surface area contributed by atoms with E-state index in [1.807, 2.05) is 78.9 Å². The second kappa shape index (κ2) is 7.99. The van der Waals surface area contributed by atoms with Crippen LogP contribution in [0.2, 0.25) is 0 Å². The van der Waals surface area contributed by atoms with Crippen LogP contribution in [0.25, 0.3) is 57.5 Å². The Kier molecular flexibility index (Phi) is 5.00. The largest absolute Gasteiger partial charge is 0.396 e. The minimum Gasteiger partial charge on any atom is -0.396 e. The van der Waals surface area contributed by atoms with Gasteiger partial charge in [0.25, 0.3) is 0 Å². The van der Waals surface area contributed by atoms with E-state index in [1.165, 1.54) is 0 Å². The summed E-state index contributed by atoms with van der Waals surface area (Å²) in [6.07, 6.45) is 8.03. The predicted octanol–water partition coefficient (Wildman–Crippen LogP) is 5.90. The molecule has 6 heteroatoms. The second-order valence-electron chi connectivity index (χ2n) is 7.64. The zero-order chi connectivity index (χ0) is 20.8. The second-order valence-corrected chi connectivity index (χ2v) is 7.64. The minimum absolute atomic E-state index is 0. The third kappa shape index (κ3) is 3.66. The van der Waals surface area contributed by atoms with Gasteiger partial charge in [0, 0.05) is 33.1 Å². The Morgan fingerprint density at radius 2 is 1.12 bits per heavy atom. The van der Waals surface area contributed by atoms with Crippen molar-refractivity contribution in [3.63, 3.8) is 0 Å². The number of nitrogens with zero attached hydrogens (tertiary/aromatic N) is 2. The van der Waals surface area contributed by atoms with Crippen LogP contribution in [0.15, 0.2) is 66.7 Å². The molecule has 158 valence electrons. The first kappa shape index (κ1) is 20.0. The summed E-state index contributed by atoms with van der Waals surface area (Å²) in [7, 11) is 0. The van der Waals surface area contributed by atoms with Gasteiger partial charge in [-0.1, -0.05) is 30.3 Å². The van der Waals surface area contributed by atoms with E-state index in [-0.39, 0.29) is 16.5 Å². The molecule has 5 nitrogen and oxygen atoms in total. The number of H-pyrrole nitrogens is 2. The predicted molar refractivity (Wildman–Crippen MR) is 129 cm³/mol. The van der Waals surface area contributed by atoms with Crippen molar-refractivity contribution < 1.29 is 16.5 Å². The summed E-state index contributed by atoms with van der Waals surface area (Å²) in [5.74, 6) is 0. The molecule has 32 heavy (non-hydrogen) atoms. The van der Waals surface area contributed by atoms with E-state index in [4.69, 9.17) is 15.7 Å². The topological polar surface area (TPSA) is 83.4 Å².